The first kappa shape index (κ1) is 17.9. The highest BCUT2D eigenvalue weighted by molar-refractivity contribution is 7.89. The summed E-state index contributed by atoms with van der Waals surface area (Å²) in [6.07, 6.45) is 0.562. The highest BCUT2D eigenvalue weighted by atomic mass is 35.5. The van der Waals surface area contributed by atoms with Gasteiger partial charge in [0, 0.05) is 21.8 Å². The largest absolute Gasteiger partial charge is 0.366 e. The van der Waals surface area contributed by atoms with E-state index in [9.17, 15) is 13.2 Å². The van der Waals surface area contributed by atoms with Gasteiger partial charge in [-0.05, 0) is 47.0 Å². The minimum Gasteiger partial charge on any atom is -0.366 e. The van der Waals surface area contributed by atoms with Crippen LogP contribution >= 0.6 is 22.9 Å². The van der Waals surface area contributed by atoms with Crippen LogP contribution in [0.5, 0.6) is 0 Å². The van der Waals surface area contributed by atoms with E-state index in [0.717, 1.165) is 10.9 Å². The minimum atomic E-state index is -3.78. The van der Waals surface area contributed by atoms with Crippen LogP contribution in [0.25, 0.3) is 10.1 Å². The Kier molecular flexibility index (Phi) is 5.10. The maximum Gasteiger partial charge on any atom is 0.248 e. The number of carbonyl (C=O) groups excluding carboxylic acids is 1. The highest BCUT2D eigenvalue weighted by Gasteiger charge is 2.17. The highest BCUT2D eigenvalue weighted by Crippen LogP contribution is 2.26. The zero-order valence-corrected chi connectivity index (χ0v) is 15.4. The zero-order chi connectivity index (χ0) is 18.0. The summed E-state index contributed by atoms with van der Waals surface area (Å²) in [5.74, 6) is -0.733. The van der Waals surface area contributed by atoms with Crippen molar-refractivity contribution in [1.29, 1.82) is 0 Å². The molecule has 1 aromatic heterocycles. The zero-order valence-electron chi connectivity index (χ0n) is 13.0. The van der Waals surface area contributed by atoms with E-state index in [4.69, 9.17) is 17.3 Å². The number of rotatable bonds is 6. The monoisotopic (exact) mass is 394 g/mol. The number of thiophene rings is 1. The smallest absolute Gasteiger partial charge is 0.248 e. The van der Waals surface area contributed by atoms with Crippen LogP contribution in [0.2, 0.25) is 5.02 Å². The van der Waals surface area contributed by atoms with Gasteiger partial charge in [0.15, 0.2) is 0 Å². The van der Waals surface area contributed by atoms with Crippen molar-refractivity contribution >= 4 is 49.0 Å². The number of fused-ring (bicyclic) bond motifs is 1. The van der Waals surface area contributed by atoms with Gasteiger partial charge in [0.1, 0.15) is 0 Å². The Morgan fingerprint density at radius 3 is 2.72 bits per heavy atom. The Balaban J connectivity index is 1.75. The SMILES string of the molecule is NC(=O)c1cc(Cl)cc(S(=O)(=O)NCCc2csc3ccccc23)c1. The number of nitrogens with two attached hydrogens (primary N) is 1. The van der Waals surface area contributed by atoms with Gasteiger partial charge in [-0.2, -0.15) is 0 Å². The summed E-state index contributed by atoms with van der Waals surface area (Å²) < 4.78 is 28.6. The van der Waals surface area contributed by atoms with Crippen molar-refractivity contribution in [2.24, 2.45) is 5.73 Å². The van der Waals surface area contributed by atoms with Crippen molar-refractivity contribution in [3.8, 4) is 0 Å². The standard InChI is InChI=1S/C17H15ClN2O3S2/c18-13-7-12(17(19)21)8-14(9-13)25(22,23)20-6-5-11-10-24-16-4-2-1-3-15(11)16/h1-4,7-10,20H,5-6H2,(H2,19,21). The van der Waals surface area contributed by atoms with Crippen LogP contribution in [0, 0.1) is 0 Å². The van der Waals surface area contributed by atoms with Gasteiger partial charge in [-0.3, -0.25) is 4.79 Å². The van der Waals surface area contributed by atoms with Crippen LogP contribution in [-0.2, 0) is 16.4 Å². The number of amides is 1. The summed E-state index contributed by atoms with van der Waals surface area (Å²) in [5, 5.41) is 3.30. The molecule has 130 valence electrons. The number of halogens is 1. The molecule has 1 amide bonds. The number of benzene rings is 2. The molecular formula is C17H15ClN2O3S2. The van der Waals surface area contributed by atoms with E-state index >= 15 is 0 Å². The first-order chi connectivity index (χ1) is 11.9. The lowest BCUT2D eigenvalue weighted by molar-refractivity contribution is 0.1000. The predicted octanol–water partition coefficient (Wildman–Crippen LogP) is 3.17. The second kappa shape index (κ2) is 7.13. The van der Waals surface area contributed by atoms with Gasteiger partial charge in [0.05, 0.1) is 4.90 Å². The molecule has 0 spiro atoms. The summed E-state index contributed by atoms with van der Waals surface area (Å²) >= 11 is 7.51. The maximum atomic E-state index is 12.4. The summed E-state index contributed by atoms with van der Waals surface area (Å²) in [4.78, 5) is 11.2. The van der Waals surface area contributed by atoms with Crippen LogP contribution in [-0.4, -0.2) is 20.9 Å². The van der Waals surface area contributed by atoms with Crippen LogP contribution in [0.15, 0.2) is 52.7 Å². The normalized spacial score (nSPS) is 11.7. The molecule has 0 saturated heterocycles. The summed E-state index contributed by atoms with van der Waals surface area (Å²) in [6, 6.07) is 11.8. The third kappa shape index (κ3) is 4.01. The summed E-state index contributed by atoms with van der Waals surface area (Å²) in [7, 11) is -3.78. The van der Waals surface area contributed by atoms with Gasteiger partial charge in [-0.1, -0.05) is 29.8 Å². The Morgan fingerprint density at radius 2 is 1.96 bits per heavy atom. The first-order valence-electron chi connectivity index (χ1n) is 7.42. The molecule has 0 aliphatic heterocycles. The molecule has 0 fully saturated rings. The average molecular weight is 395 g/mol. The molecule has 25 heavy (non-hydrogen) atoms. The molecule has 0 atom stereocenters. The van der Waals surface area contributed by atoms with Crippen molar-refractivity contribution in [2.45, 2.75) is 11.3 Å². The molecule has 3 N–H and O–H groups in total. The van der Waals surface area contributed by atoms with Crippen LogP contribution < -0.4 is 10.5 Å². The molecule has 5 nitrogen and oxygen atoms in total. The third-order valence-corrected chi connectivity index (χ3v) is 6.38. The van der Waals surface area contributed by atoms with Crippen molar-refractivity contribution in [2.75, 3.05) is 6.54 Å². The minimum absolute atomic E-state index is 0.0525. The van der Waals surface area contributed by atoms with Gasteiger partial charge in [0.25, 0.3) is 0 Å². The molecule has 0 radical (unpaired) electrons. The van der Waals surface area contributed by atoms with E-state index in [-0.39, 0.29) is 22.0 Å². The molecule has 0 aliphatic carbocycles. The predicted molar refractivity (Wildman–Crippen MR) is 101 cm³/mol. The van der Waals surface area contributed by atoms with Crippen molar-refractivity contribution in [1.82, 2.24) is 4.72 Å². The molecule has 0 aliphatic rings. The molecule has 3 rings (SSSR count). The fraction of sp³-hybridized carbons (Fsp3) is 0.118. The quantitative estimate of drug-likeness (QED) is 0.672. The van der Waals surface area contributed by atoms with E-state index in [0.29, 0.717) is 6.42 Å². The maximum absolute atomic E-state index is 12.4. The van der Waals surface area contributed by atoms with Gasteiger partial charge < -0.3 is 5.73 Å². The number of hydrogen-bond donors (Lipinski definition) is 2. The van der Waals surface area contributed by atoms with E-state index in [2.05, 4.69) is 4.72 Å². The van der Waals surface area contributed by atoms with Crippen molar-refractivity contribution in [3.05, 3.63) is 64.0 Å². The topological polar surface area (TPSA) is 89.3 Å². The van der Waals surface area contributed by atoms with E-state index in [1.807, 2.05) is 29.6 Å². The molecular weight excluding hydrogens is 380 g/mol. The molecule has 0 unspecified atom stereocenters. The number of sulfonamides is 1. The molecule has 2 aromatic carbocycles. The van der Waals surface area contributed by atoms with Crippen molar-refractivity contribution in [3.63, 3.8) is 0 Å². The Labute approximate surface area is 154 Å². The number of hydrogen-bond acceptors (Lipinski definition) is 4. The Bertz CT molecular complexity index is 1040. The average Bonchev–Trinajstić information content (AvgIpc) is 2.97. The van der Waals surface area contributed by atoms with Gasteiger partial charge in [-0.15, -0.1) is 11.3 Å². The Hall–Kier alpha value is -1.93. The molecule has 1 heterocycles. The third-order valence-electron chi connectivity index (χ3n) is 3.71. The number of carbonyl (C=O) groups is 1. The lowest BCUT2D eigenvalue weighted by Crippen LogP contribution is -2.26. The Morgan fingerprint density at radius 1 is 1.20 bits per heavy atom. The van der Waals surface area contributed by atoms with Gasteiger partial charge in [0.2, 0.25) is 15.9 Å². The van der Waals surface area contributed by atoms with E-state index in [1.165, 1.54) is 22.9 Å². The molecule has 3 aromatic rings. The van der Waals surface area contributed by atoms with Gasteiger partial charge in [-0.25, -0.2) is 13.1 Å². The van der Waals surface area contributed by atoms with E-state index in [1.54, 1.807) is 11.3 Å². The van der Waals surface area contributed by atoms with Crippen LogP contribution in [0.4, 0.5) is 0 Å². The lowest BCUT2D eigenvalue weighted by Gasteiger charge is -2.08. The molecule has 0 bridgehead atoms. The second-order valence-electron chi connectivity index (χ2n) is 5.44. The summed E-state index contributed by atoms with van der Waals surface area (Å²) in [5.41, 5.74) is 6.34. The molecule has 8 heteroatoms. The van der Waals surface area contributed by atoms with E-state index < -0.39 is 15.9 Å². The first-order valence-corrected chi connectivity index (χ1v) is 10.2. The fourth-order valence-electron chi connectivity index (χ4n) is 2.49. The lowest BCUT2D eigenvalue weighted by atomic mass is 10.1. The second-order valence-corrected chi connectivity index (χ2v) is 8.56. The summed E-state index contributed by atoms with van der Waals surface area (Å²) in [6.45, 7) is 0.238. The van der Waals surface area contributed by atoms with Crippen LogP contribution in [0.1, 0.15) is 15.9 Å². The number of primary amides is 1. The van der Waals surface area contributed by atoms with Gasteiger partial charge >= 0.3 is 0 Å². The van der Waals surface area contributed by atoms with Crippen LogP contribution in [0.3, 0.4) is 0 Å². The van der Waals surface area contributed by atoms with Crippen molar-refractivity contribution < 1.29 is 13.2 Å². The fourth-order valence-corrected chi connectivity index (χ4v) is 4.89. The molecule has 0 saturated carbocycles. The number of nitrogens with one attached hydrogen (secondary N) is 1.